The Labute approximate surface area is 108 Å². The maximum absolute atomic E-state index is 12.2. The predicted octanol–water partition coefficient (Wildman–Crippen LogP) is 1.64. The van der Waals surface area contributed by atoms with E-state index in [1.807, 2.05) is 19.2 Å². The highest BCUT2D eigenvalue weighted by Crippen LogP contribution is 2.12. The van der Waals surface area contributed by atoms with Gasteiger partial charge in [-0.3, -0.25) is 4.79 Å². The third-order valence-corrected chi connectivity index (χ3v) is 3.30. The summed E-state index contributed by atoms with van der Waals surface area (Å²) in [5.74, 6) is 1.03. The Morgan fingerprint density at radius 2 is 2.44 bits per heavy atom. The van der Waals surface area contributed by atoms with E-state index < -0.39 is 0 Å². The first-order chi connectivity index (χ1) is 8.81. The Balaban J connectivity index is 2.05. The molecule has 1 aliphatic heterocycles. The zero-order chi connectivity index (χ0) is 12.8. The van der Waals surface area contributed by atoms with Gasteiger partial charge in [0.1, 0.15) is 0 Å². The third kappa shape index (κ3) is 3.35. The van der Waals surface area contributed by atoms with Crippen molar-refractivity contribution in [3.63, 3.8) is 0 Å². The summed E-state index contributed by atoms with van der Waals surface area (Å²) >= 11 is 0. The Morgan fingerprint density at radius 1 is 1.56 bits per heavy atom. The summed E-state index contributed by atoms with van der Waals surface area (Å²) in [5, 5.41) is 3.38. The van der Waals surface area contributed by atoms with Gasteiger partial charge in [0.15, 0.2) is 5.75 Å². The second kappa shape index (κ2) is 6.59. The zero-order valence-electron chi connectivity index (χ0n) is 11.0. The Hall–Kier alpha value is -1.29. The quantitative estimate of drug-likeness (QED) is 0.864. The van der Waals surface area contributed by atoms with Gasteiger partial charge in [0.2, 0.25) is 0 Å². The van der Waals surface area contributed by atoms with Crippen LogP contribution in [0.15, 0.2) is 23.1 Å². The highest BCUT2D eigenvalue weighted by Gasteiger charge is 2.14. The van der Waals surface area contributed by atoms with Crippen LogP contribution < -0.4 is 15.6 Å². The molecule has 1 fully saturated rings. The summed E-state index contributed by atoms with van der Waals surface area (Å²) in [4.78, 5) is 12.2. The first-order valence-corrected chi connectivity index (χ1v) is 6.84. The topological polar surface area (TPSA) is 43.3 Å². The van der Waals surface area contributed by atoms with Crippen molar-refractivity contribution in [2.24, 2.45) is 5.92 Å². The molecule has 1 aliphatic rings. The lowest BCUT2D eigenvalue weighted by molar-refractivity contribution is 0.301. The Morgan fingerprint density at radius 3 is 3.17 bits per heavy atom. The smallest absolute Gasteiger partial charge is 0.292 e. The summed E-state index contributed by atoms with van der Waals surface area (Å²) in [5.41, 5.74) is -0.00322. The fourth-order valence-corrected chi connectivity index (χ4v) is 2.34. The molecule has 0 amide bonds. The van der Waals surface area contributed by atoms with Crippen molar-refractivity contribution < 1.29 is 4.74 Å². The molecule has 0 aliphatic carbocycles. The minimum Gasteiger partial charge on any atom is -0.488 e. The molecule has 0 spiro atoms. The molecule has 1 aromatic rings. The lowest BCUT2D eigenvalue weighted by Gasteiger charge is -2.23. The van der Waals surface area contributed by atoms with E-state index in [0.717, 1.165) is 26.1 Å². The second-order valence-electron chi connectivity index (χ2n) is 4.89. The van der Waals surface area contributed by atoms with Crippen LogP contribution in [0.1, 0.15) is 26.2 Å². The monoisotopic (exact) mass is 250 g/mol. The van der Waals surface area contributed by atoms with Crippen LogP contribution in [0.4, 0.5) is 0 Å². The van der Waals surface area contributed by atoms with Gasteiger partial charge in [-0.15, -0.1) is 0 Å². The van der Waals surface area contributed by atoms with Crippen molar-refractivity contribution >= 4 is 0 Å². The number of piperidine rings is 1. The average molecular weight is 250 g/mol. The summed E-state index contributed by atoms with van der Waals surface area (Å²) in [6.45, 7) is 5.53. The molecule has 1 unspecified atom stereocenters. The van der Waals surface area contributed by atoms with Crippen LogP contribution in [-0.4, -0.2) is 24.3 Å². The summed E-state index contributed by atoms with van der Waals surface area (Å²) in [6, 6.07) is 3.65. The van der Waals surface area contributed by atoms with E-state index >= 15 is 0 Å². The molecule has 0 saturated carbocycles. The number of hydrogen-bond acceptors (Lipinski definition) is 3. The Bertz CT molecular complexity index is 422. The number of ether oxygens (including phenoxy) is 1. The second-order valence-corrected chi connectivity index (χ2v) is 4.89. The molecule has 1 N–H and O–H groups in total. The molecule has 1 saturated heterocycles. The largest absolute Gasteiger partial charge is 0.488 e. The Kier molecular flexibility index (Phi) is 4.81. The zero-order valence-corrected chi connectivity index (χ0v) is 11.0. The summed E-state index contributed by atoms with van der Waals surface area (Å²) < 4.78 is 7.25. The van der Waals surface area contributed by atoms with Gasteiger partial charge in [-0.1, -0.05) is 6.92 Å². The lowest BCUT2D eigenvalue weighted by Crippen LogP contribution is -2.34. The van der Waals surface area contributed by atoms with Crippen molar-refractivity contribution in [2.45, 2.75) is 32.7 Å². The molecule has 4 nitrogen and oxygen atoms in total. The van der Waals surface area contributed by atoms with E-state index in [9.17, 15) is 4.79 Å². The molecule has 1 atom stereocenters. The fraction of sp³-hybridized carbons (Fsp3) is 0.643. The molecular weight excluding hydrogens is 228 g/mol. The van der Waals surface area contributed by atoms with Gasteiger partial charge in [0.05, 0.1) is 6.61 Å². The van der Waals surface area contributed by atoms with Crippen LogP contribution >= 0.6 is 0 Å². The van der Waals surface area contributed by atoms with Gasteiger partial charge in [-0.25, -0.2) is 0 Å². The number of nitrogens with one attached hydrogen (secondary N) is 1. The SMILES string of the molecule is CCCOc1cccn(CC2CCCNC2)c1=O. The summed E-state index contributed by atoms with van der Waals surface area (Å²) in [6.07, 6.45) is 5.17. The molecule has 0 aromatic carbocycles. The van der Waals surface area contributed by atoms with Gasteiger partial charge in [0, 0.05) is 12.7 Å². The number of aromatic nitrogens is 1. The van der Waals surface area contributed by atoms with Crippen LogP contribution in [0.5, 0.6) is 5.75 Å². The van der Waals surface area contributed by atoms with Crippen molar-refractivity contribution in [1.29, 1.82) is 0 Å². The van der Waals surface area contributed by atoms with E-state index in [2.05, 4.69) is 5.32 Å². The number of nitrogens with zero attached hydrogens (tertiary/aromatic N) is 1. The van der Waals surface area contributed by atoms with E-state index in [1.165, 1.54) is 12.8 Å². The fourth-order valence-electron chi connectivity index (χ4n) is 2.34. The molecule has 18 heavy (non-hydrogen) atoms. The molecule has 2 heterocycles. The maximum atomic E-state index is 12.2. The molecule has 2 rings (SSSR count). The van der Waals surface area contributed by atoms with Crippen molar-refractivity contribution in [2.75, 3.05) is 19.7 Å². The van der Waals surface area contributed by atoms with Crippen LogP contribution in [-0.2, 0) is 6.54 Å². The van der Waals surface area contributed by atoms with Gasteiger partial charge in [-0.05, 0) is 50.4 Å². The van der Waals surface area contributed by atoms with E-state index in [-0.39, 0.29) is 5.56 Å². The molecular formula is C14H22N2O2. The van der Waals surface area contributed by atoms with Crippen LogP contribution in [0.2, 0.25) is 0 Å². The third-order valence-electron chi connectivity index (χ3n) is 3.30. The van der Waals surface area contributed by atoms with E-state index in [1.54, 1.807) is 10.6 Å². The number of rotatable bonds is 5. The predicted molar refractivity (Wildman–Crippen MR) is 72.1 cm³/mol. The van der Waals surface area contributed by atoms with Gasteiger partial charge in [0.25, 0.3) is 5.56 Å². The van der Waals surface area contributed by atoms with Crippen LogP contribution in [0.25, 0.3) is 0 Å². The van der Waals surface area contributed by atoms with Crippen molar-refractivity contribution in [1.82, 2.24) is 9.88 Å². The molecule has 100 valence electrons. The van der Waals surface area contributed by atoms with Gasteiger partial charge >= 0.3 is 0 Å². The standard InChI is InChI=1S/C14H22N2O2/c1-2-9-18-13-6-4-8-16(14(13)17)11-12-5-3-7-15-10-12/h4,6,8,12,15H,2-3,5,7,9-11H2,1H3. The van der Waals surface area contributed by atoms with Gasteiger partial charge in [-0.2, -0.15) is 0 Å². The minimum atomic E-state index is -0.00322. The van der Waals surface area contributed by atoms with Crippen molar-refractivity contribution in [3.05, 3.63) is 28.7 Å². The highest BCUT2D eigenvalue weighted by molar-refractivity contribution is 5.17. The first kappa shape index (κ1) is 13.1. The molecule has 0 bridgehead atoms. The number of pyridine rings is 1. The maximum Gasteiger partial charge on any atom is 0.292 e. The number of hydrogen-bond donors (Lipinski definition) is 1. The van der Waals surface area contributed by atoms with E-state index in [4.69, 9.17) is 4.74 Å². The first-order valence-electron chi connectivity index (χ1n) is 6.84. The van der Waals surface area contributed by atoms with E-state index in [0.29, 0.717) is 18.3 Å². The van der Waals surface area contributed by atoms with Gasteiger partial charge < -0.3 is 14.6 Å². The molecule has 0 radical (unpaired) electrons. The van der Waals surface area contributed by atoms with Crippen LogP contribution in [0, 0.1) is 5.92 Å². The summed E-state index contributed by atoms with van der Waals surface area (Å²) in [7, 11) is 0. The molecule has 1 aromatic heterocycles. The lowest BCUT2D eigenvalue weighted by atomic mass is 10.00. The normalized spacial score (nSPS) is 19.7. The minimum absolute atomic E-state index is 0.00322. The highest BCUT2D eigenvalue weighted by atomic mass is 16.5. The molecule has 4 heteroatoms. The van der Waals surface area contributed by atoms with Crippen molar-refractivity contribution in [3.8, 4) is 5.75 Å². The average Bonchev–Trinajstić information content (AvgIpc) is 2.41. The van der Waals surface area contributed by atoms with Crippen LogP contribution in [0.3, 0.4) is 0 Å².